The minimum atomic E-state index is -0.380. The molecule has 0 atom stereocenters. The zero-order valence-corrected chi connectivity index (χ0v) is 17.4. The lowest BCUT2D eigenvalue weighted by atomic mass is 9.92. The van der Waals surface area contributed by atoms with Crippen molar-refractivity contribution < 1.29 is 9.53 Å². The number of likely N-dealkylation sites (tertiary alicyclic amines) is 1. The van der Waals surface area contributed by atoms with Crippen molar-refractivity contribution in [2.24, 2.45) is 5.92 Å². The predicted molar refractivity (Wildman–Crippen MR) is 111 cm³/mol. The second-order valence-corrected chi connectivity index (χ2v) is 9.49. The molecule has 0 radical (unpaired) electrons. The summed E-state index contributed by atoms with van der Waals surface area (Å²) in [6, 6.07) is 10.4. The van der Waals surface area contributed by atoms with Crippen molar-refractivity contribution in [2.75, 3.05) is 13.1 Å². The van der Waals surface area contributed by atoms with E-state index in [2.05, 4.69) is 28.1 Å². The van der Waals surface area contributed by atoms with Gasteiger partial charge in [-0.15, -0.1) is 11.3 Å². The molecule has 0 N–H and O–H groups in total. The molecular weight excluding hydrogens is 356 g/mol. The molecule has 0 saturated carbocycles. The van der Waals surface area contributed by atoms with Crippen LogP contribution in [0.4, 0.5) is 0 Å². The zero-order chi connectivity index (χ0) is 19.3. The van der Waals surface area contributed by atoms with Crippen LogP contribution in [0.5, 0.6) is 0 Å². The van der Waals surface area contributed by atoms with E-state index in [-0.39, 0.29) is 11.6 Å². The number of pyridine rings is 1. The third-order valence-corrected chi connectivity index (χ3v) is 5.93. The van der Waals surface area contributed by atoms with Crippen LogP contribution < -0.4 is 0 Å². The molecule has 1 fully saturated rings. The third-order valence-electron chi connectivity index (χ3n) is 4.84. The fraction of sp³-hybridized carbons (Fsp3) is 0.545. The van der Waals surface area contributed by atoms with Gasteiger partial charge in [-0.2, -0.15) is 0 Å². The Morgan fingerprint density at radius 3 is 2.67 bits per heavy atom. The van der Waals surface area contributed by atoms with Gasteiger partial charge in [0.15, 0.2) is 0 Å². The van der Waals surface area contributed by atoms with E-state index in [9.17, 15) is 4.79 Å². The third kappa shape index (κ3) is 6.43. The molecule has 0 aliphatic carbocycles. The van der Waals surface area contributed by atoms with Crippen LogP contribution in [0.1, 0.15) is 51.3 Å². The Hall–Kier alpha value is -1.72. The molecule has 1 saturated heterocycles. The summed E-state index contributed by atoms with van der Waals surface area (Å²) >= 11 is 1.83. The van der Waals surface area contributed by atoms with Gasteiger partial charge >= 0.3 is 5.97 Å². The van der Waals surface area contributed by atoms with E-state index >= 15 is 0 Å². The molecule has 0 bridgehead atoms. The van der Waals surface area contributed by atoms with Crippen molar-refractivity contribution in [2.45, 2.75) is 58.6 Å². The van der Waals surface area contributed by atoms with Crippen LogP contribution in [-0.4, -0.2) is 34.5 Å². The molecule has 2 aromatic heterocycles. The number of hydrogen-bond donors (Lipinski definition) is 0. The molecular formula is C22H30N2O2S. The Kier molecular flexibility index (Phi) is 6.66. The van der Waals surface area contributed by atoms with Crippen molar-refractivity contribution in [3.05, 3.63) is 41.4 Å². The molecule has 5 heteroatoms. The van der Waals surface area contributed by atoms with Crippen LogP contribution >= 0.6 is 11.3 Å². The van der Waals surface area contributed by atoms with Crippen molar-refractivity contribution in [1.82, 2.24) is 9.88 Å². The first-order valence-electron chi connectivity index (χ1n) is 9.83. The first-order chi connectivity index (χ1) is 12.9. The molecule has 0 unspecified atom stereocenters. The van der Waals surface area contributed by atoms with Gasteiger partial charge in [-0.25, -0.2) is 0 Å². The minimum Gasteiger partial charge on any atom is -0.460 e. The molecule has 1 aliphatic rings. The highest BCUT2D eigenvalue weighted by Gasteiger charge is 2.22. The number of rotatable bonds is 6. The van der Waals surface area contributed by atoms with Gasteiger partial charge in [0.25, 0.3) is 0 Å². The van der Waals surface area contributed by atoms with Crippen LogP contribution in [0, 0.1) is 5.92 Å². The summed E-state index contributed by atoms with van der Waals surface area (Å²) in [7, 11) is 0. The zero-order valence-electron chi connectivity index (χ0n) is 16.6. The van der Waals surface area contributed by atoms with Crippen LogP contribution in [0.3, 0.4) is 0 Å². The van der Waals surface area contributed by atoms with E-state index in [1.165, 1.54) is 22.6 Å². The summed E-state index contributed by atoms with van der Waals surface area (Å²) in [4.78, 5) is 21.5. The Morgan fingerprint density at radius 1 is 1.22 bits per heavy atom. The summed E-state index contributed by atoms with van der Waals surface area (Å²) in [5, 5.41) is 0. The van der Waals surface area contributed by atoms with Crippen LogP contribution in [0.25, 0.3) is 10.6 Å². The van der Waals surface area contributed by atoms with Gasteiger partial charge in [0, 0.05) is 24.0 Å². The topological polar surface area (TPSA) is 42.4 Å². The molecule has 27 heavy (non-hydrogen) atoms. The largest absolute Gasteiger partial charge is 0.460 e. The van der Waals surface area contributed by atoms with Gasteiger partial charge in [0.05, 0.1) is 10.6 Å². The quantitative estimate of drug-likeness (QED) is 0.644. The minimum absolute atomic E-state index is 0.0643. The van der Waals surface area contributed by atoms with Crippen molar-refractivity contribution >= 4 is 17.3 Å². The number of carbonyl (C=O) groups excluding carboxylic acids is 1. The van der Waals surface area contributed by atoms with E-state index < -0.39 is 0 Å². The number of ether oxygens (including phenoxy) is 1. The van der Waals surface area contributed by atoms with E-state index in [1.54, 1.807) is 0 Å². The number of nitrogens with zero attached hydrogens (tertiary/aromatic N) is 2. The van der Waals surface area contributed by atoms with E-state index in [4.69, 9.17) is 4.74 Å². The first-order valence-corrected chi connectivity index (χ1v) is 10.6. The number of esters is 1. The van der Waals surface area contributed by atoms with Crippen LogP contribution in [0.15, 0.2) is 36.5 Å². The van der Waals surface area contributed by atoms with Crippen LogP contribution in [-0.2, 0) is 16.1 Å². The van der Waals surface area contributed by atoms with Gasteiger partial charge in [-0.3, -0.25) is 14.7 Å². The molecule has 0 amide bonds. The average Bonchev–Trinajstić information content (AvgIpc) is 3.09. The van der Waals surface area contributed by atoms with Gasteiger partial charge < -0.3 is 4.74 Å². The van der Waals surface area contributed by atoms with Crippen molar-refractivity contribution in [1.29, 1.82) is 0 Å². The fourth-order valence-corrected chi connectivity index (χ4v) is 4.50. The van der Waals surface area contributed by atoms with Gasteiger partial charge in [0.2, 0.25) is 0 Å². The summed E-state index contributed by atoms with van der Waals surface area (Å²) in [5.41, 5.74) is 0.671. The maximum Gasteiger partial charge on any atom is 0.306 e. The Bertz CT molecular complexity index is 728. The molecule has 4 nitrogen and oxygen atoms in total. The van der Waals surface area contributed by atoms with Crippen molar-refractivity contribution in [3.8, 4) is 10.6 Å². The molecule has 3 rings (SSSR count). The number of aromatic nitrogens is 1. The second kappa shape index (κ2) is 8.98. The van der Waals surface area contributed by atoms with E-state index in [0.29, 0.717) is 12.3 Å². The average molecular weight is 387 g/mol. The lowest BCUT2D eigenvalue weighted by Crippen LogP contribution is -2.33. The van der Waals surface area contributed by atoms with E-state index in [1.807, 2.05) is 50.4 Å². The highest BCUT2D eigenvalue weighted by atomic mass is 32.1. The molecule has 2 aromatic rings. The van der Waals surface area contributed by atoms with Gasteiger partial charge in [-0.05, 0) is 83.3 Å². The van der Waals surface area contributed by atoms with Gasteiger partial charge in [0.1, 0.15) is 5.60 Å². The SMILES string of the molecule is CC(C)(C)OC(=O)CCC1CCN(Cc2ccc(-c3ccccn3)s2)CC1. The van der Waals surface area contributed by atoms with E-state index in [0.717, 1.165) is 31.7 Å². The smallest absolute Gasteiger partial charge is 0.306 e. The molecule has 3 heterocycles. The maximum absolute atomic E-state index is 11.9. The Morgan fingerprint density at radius 2 is 2.00 bits per heavy atom. The monoisotopic (exact) mass is 386 g/mol. The summed E-state index contributed by atoms with van der Waals surface area (Å²) in [5.74, 6) is 0.576. The fourth-order valence-electron chi connectivity index (χ4n) is 3.48. The van der Waals surface area contributed by atoms with Gasteiger partial charge in [-0.1, -0.05) is 6.07 Å². The second-order valence-electron chi connectivity index (χ2n) is 8.33. The lowest BCUT2D eigenvalue weighted by molar-refractivity contribution is -0.155. The summed E-state index contributed by atoms with van der Waals surface area (Å²) in [6.45, 7) is 9.00. The summed E-state index contributed by atoms with van der Waals surface area (Å²) in [6.07, 6.45) is 5.67. The normalized spacial score (nSPS) is 16.4. The lowest BCUT2D eigenvalue weighted by Gasteiger charge is -2.31. The standard InChI is InChI=1S/C22H30N2O2S/c1-22(2,3)26-21(25)10-7-17-11-14-24(15-12-17)16-18-8-9-20(27-18)19-6-4-5-13-23-19/h4-6,8-9,13,17H,7,10-12,14-16H2,1-3H3. The number of carbonyl (C=O) groups is 1. The van der Waals surface area contributed by atoms with Crippen LogP contribution in [0.2, 0.25) is 0 Å². The molecule has 0 spiro atoms. The maximum atomic E-state index is 11.9. The number of piperidine rings is 1. The molecule has 146 valence electrons. The summed E-state index contributed by atoms with van der Waals surface area (Å²) < 4.78 is 5.41. The predicted octanol–water partition coefficient (Wildman–Crippen LogP) is 5.14. The molecule has 0 aromatic carbocycles. The highest BCUT2D eigenvalue weighted by Crippen LogP contribution is 2.29. The molecule has 1 aliphatic heterocycles. The number of hydrogen-bond acceptors (Lipinski definition) is 5. The highest BCUT2D eigenvalue weighted by molar-refractivity contribution is 7.15. The Labute approximate surface area is 166 Å². The number of thiophene rings is 1. The first kappa shape index (κ1) is 20.0. The van der Waals surface area contributed by atoms with Crippen molar-refractivity contribution in [3.63, 3.8) is 0 Å². The Balaban J connectivity index is 1.41.